The van der Waals surface area contributed by atoms with E-state index in [1.54, 1.807) is 11.0 Å². The van der Waals surface area contributed by atoms with E-state index in [4.69, 9.17) is 11.6 Å². The molecule has 0 saturated carbocycles. The van der Waals surface area contributed by atoms with Gasteiger partial charge in [0.25, 0.3) is 0 Å². The van der Waals surface area contributed by atoms with Gasteiger partial charge in [-0.05, 0) is 25.0 Å². The van der Waals surface area contributed by atoms with E-state index >= 15 is 0 Å². The van der Waals surface area contributed by atoms with Crippen LogP contribution < -0.4 is 0 Å². The number of aliphatic hydroxyl groups excluding tert-OH is 1. The van der Waals surface area contributed by atoms with Gasteiger partial charge >= 0.3 is 0 Å². The highest BCUT2D eigenvalue weighted by molar-refractivity contribution is 6.31. The number of carbonyl (C=O) groups excluding carboxylic acids is 1. The van der Waals surface area contributed by atoms with Crippen LogP contribution in [0.3, 0.4) is 0 Å². The predicted octanol–water partition coefficient (Wildman–Crippen LogP) is 2.00. The second-order valence-electron chi connectivity index (χ2n) is 4.51. The van der Waals surface area contributed by atoms with Crippen molar-refractivity contribution in [3.05, 3.63) is 34.6 Å². The van der Waals surface area contributed by atoms with Gasteiger partial charge in [-0.25, -0.2) is 4.39 Å². The van der Waals surface area contributed by atoms with Gasteiger partial charge in [0.05, 0.1) is 12.5 Å². The van der Waals surface area contributed by atoms with Gasteiger partial charge in [0, 0.05) is 23.7 Å². The molecule has 1 unspecified atom stereocenters. The molecule has 1 aliphatic heterocycles. The van der Waals surface area contributed by atoms with Crippen LogP contribution in [0.1, 0.15) is 18.4 Å². The predicted molar refractivity (Wildman–Crippen MR) is 66.9 cm³/mol. The lowest BCUT2D eigenvalue weighted by Gasteiger charge is -2.30. The quantitative estimate of drug-likeness (QED) is 0.894. The number of nitrogens with zero attached hydrogens (tertiary/aromatic N) is 1. The molecule has 0 aliphatic carbocycles. The molecule has 1 aliphatic rings. The zero-order valence-corrected chi connectivity index (χ0v) is 10.7. The fourth-order valence-electron chi connectivity index (χ4n) is 2.15. The molecule has 1 amide bonds. The van der Waals surface area contributed by atoms with Crippen molar-refractivity contribution in [2.24, 2.45) is 0 Å². The van der Waals surface area contributed by atoms with Crippen molar-refractivity contribution in [1.82, 2.24) is 4.90 Å². The Hall–Kier alpha value is -1.13. The summed E-state index contributed by atoms with van der Waals surface area (Å²) in [4.78, 5) is 13.6. The van der Waals surface area contributed by atoms with E-state index in [-0.39, 0.29) is 22.9 Å². The Balaban J connectivity index is 2.07. The van der Waals surface area contributed by atoms with Crippen LogP contribution in [0.15, 0.2) is 18.2 Å². The Morgan fingerprint density at radius 3 is 3.00 bits per heavy atom. The molecule has 2 rings (SSSR count). The standard InChI is InChI=1S/C13H15ClFNO2/c14-11-4-1-5-12(15)10(11)7-13(18)16-6-2-3-9(17)8-16/h1,4-5,9,17H,2-3,6-8H2. The monoisotopic (exact) mass is 271 g/mol. The van der Waals surface area contributed by atoms with Gasteiger partial charge in [-0.1, -0.05) is 17.7 Å². The maximum Gasteiger partial charge on any atom is 0.227 e. The fraction of sp³-hybridized carbons (Fsp3) is 0.462. The summed E-state index contributed by atoms with van der Waals surface area (Å²) in [7, 11) is 0. The summed E-state index contributed by atoms with van der Waals surface area (Å²) in [5.41, 5.74) is 0.226. The van der Waals surface area contributed by atoms with E-state index in [0.717, 1.165) is 6.42 Å². The molecule has 18 heavy (non-hydrogen) atoms. The normalized spacial score (nSPS) is 19.9. The smallest absolute Gasteiger partial charge is 0.227 e. The number of amides is 1. The summed E-state index contributed by atoms with van der Waals surface area (Å²) < 4.78 is 13.6. The van der Waals surface area contributed by atoms with Crippen molar-refractivity contribution in [1.29, 1.82) is 0 Å². The molecular formula is C13H15ClFNO2. The molecular weight excluding hydrogens is 257 g/mol. The van der Waals surface area contributed by atoms with Gasteiger partial charge in [0.15, 0.2) is 0 Å². The topological polar surface area (TPSA) is 40.5 Å². The summed E-state index contributed by atoms with van der Waals surface area (Å²) >= 11 is 5.88. The highest BCUT2D eigenvalue weighted by Crippen LogP contribution is 2.21. The molecule has 1 fully saturated rings. The minimum Gasteiger partial charge on any atom is -0.391 e. The van der Waals surface area contributed by atoms with Gasteiger partial charge in [0.1, 0.15) is 5.82 Å². The highest BCUT2D eigenvalue weighted by atomic mass is 35.5. The zero-order chi connectivity index (χ0) is 13.1. The third-order valence-electron chi connectivity index (χ3n) is 3.14. The molecule has 1 aromatic carbocycles. The molecule has 98 valence electrons. The second-order valence-corrected chi connectivity index (χ2v) is 4.92. The third-order valence-corrected chi connectivity index (χ3v) is 3.49. The maximum absolute atomic E-state index is 13.6. The van der Waals surface area contributed by atoms with Crippen LogP contribution in [0.25, 0.3) is 0 Å². The lowest BCUT2D eigenvalue weighted by molar-refractivity contribution is -0.133. The number of aliphatic hydroxyl groups is 1. The average molecular weight is 272 g/mol. The molecule has 0 bridgehead atoms. The van der Waals surface area contributed by atoms with Crippen LogP contribution in [0.5, 0.6) is 0 Å². The Morgan fingerprint density at radius 1 is 1.56 bits per heavy atom. The van der Waals surface area contributed by atoms with Crippen LogP contribution in [-0.2, 0) is 11.2 Å². The minimum atomic E-state index is -0.473. The largest absolute Gasteiger partial charge is 0.391 e. The van der Waals surface area contributed by atoms with E-state index < -0.39 is 11.9 Å². The molecule has 0 aromatic heterocycles. The van der Waals surface area contributed by atoms with Crippen molar-refractivity contribution < 1.29 is 14.3 Å². The van der Waals surface area contributed by atoms with Crippen molar-refractivity contribution in [2.45, 2.75) is 25.4 Å². The van der Waals surface area contributed by atoms with E-state index in [9.17, 15) is 14.3 Å². The van der Waals surface area contributed by atoms with Gasteiger partial charge in [-0.3, -0.25) is 4.79 Å². The molecule has 1 aromatic rings. The number of carbonyl (C=O) groups is 1. The average Bonchev–Trinajstić information content (AvgIpc) is 2.34. The molecule has 1 saturated heterocycles. The van der Waals surface area contributed by atoms with Crippen LogP contribution >= 0.6 is 11.6 Å². The highest BCUT2D eigenvalue weighted by Gasteiger charge is 2.23. The summed E-state index contributed by atoms with van der Waals surface area (Å²) in [6.45, 7) is 0.937. The molecule has 0 radical (unpaired) electrons. The SMILES string of the molecule is O=C(Cc1c(F)cccc1Cl)N1CCCC(O)C1. The van der Waals surface area contributed by atoms with E-state index in [2.05, 4.69) is 0 Å². The number of β-amino-alcohol motifs (C(OH)–C–C–N with tert-alkyl or cyclic N) is 1. The summed E-state index contributed by atoms with van der Waals surface area (Å²) in [6.07, 6.45) is 0.958. The Morgan fingerprint density at radius 2 is 2.33 bits per heavy atom. The first-order chi connectivity index (χ1) is 8.58. The van der Waals surface area contributed by atoms with Gasteiger partial charge in [-0.15, -0.1) is 0 Å². The van der Waals surface area contributed by atoms with Crippen LogP contribution in [0, 0.1) is 5.82 Å². The van der Waals surface area contributed by atoms with Crippen molar-refractivity contribution in [3.8, 4) is 0 Å². The van der Waals surface area contributed by atoms with Gasteiger partial charge in [-0.2, -0.15) is 0 Å². The maximum atomic E-state index is 13.6. The minimum absolute atomic E-state index is 0.0573. The molecule has 0 spiro atoms. The first-order valence-corrected chi connectivity index (χ1v) is 6.34. The first-order valence-electron chi connectivity index (χ1n) is 5.96. The fourth-order valence-corrected chi connectivity index (χ4v) is 2.38. The summed E-state index contributed by atoms with van der Waals surface area (Å²) in [6, 6.07) is 4.37. The van der Waals surface area contributed by atoms with E-state index in [0.29, 0.717) is 19.5 Å². The Labute approximate surface area is 110 Å². The lowest BCUT2D eigenvalue weighted by Crippen LogP contribution is -2.42. The van der Waals surface area contributed by atoms with E-state index in [1.807, 2.05) is 0 Å². The van der Waals surface area contributed by atoms with Crippen LogP contribution in [-0.4, -0.2) is 35.1 Å². The van der Waals surface area contributed by atoms with Crippen molar-refractivity contribution >= 4 is 17.5 Å². The number of hydrogen-bond acceptors (Lipinski definition) is 2. The lowest BCUT2D eigenvalue weighted by atomic mass is 10.1. The van der Waals surface area contributed by atoms with Gasteiger partial charge in [0.2, 0.25) is 5.91 Å². The van der Waals surface area contributed by atoms with Crippen molar-refractivity contribution in [3.63, 3.8) is 0 Å². The first kappa shape index (κ1) is 13.3. The number of halogens is 2. The number of benzene rings is 1. The third kappa shape index (κ3) is 3.00. The zero-order valence-electron chi connectivity index (χ0n) is 9.90. The molecule has 1 N–H and O–H groups in total. The molecule has 3 nitrogen and oxygen atoms in total. The number of likely N-dealkylation sites (tertiary alicyclic amines) is 1. The second kappa shape index (κ2) is 5.67. The van der Waals surface area contributed by atoms with Crippen LogP contribution in [0.4, 0.5) is 4.39 Å². The van der Waals surface area contributed by atoms with Crippen LogP contribution in [0.2, 0.25) is 5.02 Å². The van der Waals surface area contributed by atoms with Gasteiger partial charge < -0.3 is 10.0 Å². The van der Waals surface area contributed by atoms with Crippen molar-refractivity contribution in [2.75, 3.05) is 13.1 Å². The van der Waals surface area contributed by atoms with E-state index in [1.165, 1.54) is 12.1 Å². The number of rotatable bonds is 2. The molecule has 5 heteroatoms. The Kier molecular flexibility index (Phi) is 4.19. The summed E-state index contributed by atoms with van der Waals surface area (Å²) in [5.74, 6) is -0.658. The molecule has 1 heterocycles. The molecule has 1 atom stereocenters. The number of hydrogen-bond donors (Lipinski definition) is 1. The summed E-state index contributed by atoms with van der Waals surface area (Å²) in [5, 5.41) is 9.77. The Bertz CT molecular complexity index is 432. The number of piperidine rings is 1.